The number of hydrogen-bond donors (Lipinski definition) is 0. The van der Waals surface area contributed by atoms with E-state index in [0.29, 0.717) is 23.4 Å². The lowest BCUT2D eigenvalue weighted by Gasteiger charge is -2.22. The predicted molar refractivity (Wildman–Crippen MR) is 115 cm³/mol. The summed E-state index contributed by atoms with van der Waals surface area (Å²) in [6, 6.07) is 13.1. The molecule has 152 valence electrons. The number of benzene rings is 1. The molecule has 0 unspecified atom stereocenters. The van der Waals surface area contributed by atoms with E-state index < -0.39 is 11.9 Å². The third kappa shape index (κ3) is 4.04. The zero-order chi connectivity index (χ0) is 21.7. The van der Waals surface area contributed by atoms with Gasteiger partial charge >= 0.3 is 11.9 Å². The number of aryl methyl sites for hydroxylation is 1. The molecule has 0 atom stereocenters. The molecule has 0 spiro atoms. The average Bonchev–Trinajstić information content (AvgIpc) is 3.28. The highest BCUT2D eigenvalue weighted by atomic mass is 32.1. The maximum Gasteiger partial charge on any atom is 0.383 e. The first kappa shape index (κ1) is 21.1. The first-order chi connectivity index (χ1) is 14.5. The first-order valence-electron chi connectivity index (χ1n) is 9.04. The Morgan fingerprint density at radius 2 is 1.83 bits per heavy atom. The molecule has 3 heterocycles. The van der Waals surface area contributed by atoms with Crippen LogP contribution in [0.2, 0.25) is 0 Å². The van der Waals surface area contributed by atoms with E-state index in [1.165, 1.54) is 19.1 Å². The number of rotatable bonds is 2. The molecule has 1 aromatic carbocycles. The molecule has 0 amide bonds. The zero-order valence-electron chi connectivity index (χ0n) is 16.5. The van der Waals surface area contributed by atoms with Crippen molar-refractivity contribution in [3.05, 3.63) is 68.6 Å². The largest absolute Gasteiger partial charge is 0.465 e. The van der Waals surface area contributed by atoms with Gasteiger partial charge in [0.15, 0.2) is 0 Å². The number of esters is 2. The van der Waals surface area contributed by atoms with Crippen LogP contribution in [0.1, 0.15) is 15.2 Å². The molecule has 0 fully saturated rings. The third-order valence-electron chi connectivity index (χ3n) is 4.65. The van der Waals surface area contributed by atoms with Crippen LogP contribution in [0.25, 0.3) is 22.4 Å². The van der Waals surface area contributed by atoms with Gasteiger partial charge < -0.3 is 14.0 Å². The Morgan fingerprint density at radius 1 is 1.10 bits per heavy atom. The van der Waals surface area contributed by atoms with E-state index in [4.69, 9.17) is 4.74 Å². The second-order valence-electron chi connectivity index (χ2n) is 6.28. The van der Waals surface area contributed by atoms with Crippen LogP contribution in [0.15, 0.2) is 52.6 Å². The van der Waals surface area contributed by atoms with Crippen LogP contribution in [0, 0.1) is 12.3 Å². The predicted octanol–water partition coefficient (Wildman–Crippen LogP) is 3.38. The molecule has 1 aliphatic heterocycles. The van der Waals surface area contributed by atoms with Crippen molar-refractivity contribution < 1.29 is 19.1 Å². The summed E-state index contributed by atoms with van der Waals surface area (Å²) in [6.07, 6.45) is 5.36. The molecule has 0 aliphatic carbocycles. The number of carbonyl (C=O) groups is 2. The Morgan fingerprint density at radius 3 is 2.43 bits per heavy atom. The van der Waals surface area contributed by atoms with Gasteiger partial charge in [-0.15, -0.1) is 17.8 Å². The first-order valence-corrected chi connectivity index (χ1v) is 9.92. The normalized spacial score (nSPS) is 11.1. The van der Waals surface area contributed by atoms with Crippen molar-refractivity contribution in [1.29, 1.82) is 0 Å². The van der Waals surface area contributed by atoms with Crippen molar-refractivity contribution >= 4 is 23.3 Å². The van der Waals surface area contributed by atoms with Crippen molar-refractivity contribution in [2.24, 2.45) is 0 Å². The fourth-order valence-electron chi connectivity index (χ4n) is 3.28. The van der Waals surface area contributed by atoms with Crippen LogP contribution in [0.4, 0.5) is 0 Å². The fraction of sp³-hybridized carbons (Fsp3) is 0.174. The Kier molecular flexibility index (Phi) is 6.50. The second kappa shape index (κ2) is 9.25. The Hall–Kier alpha value is -3.63. The number of nitrogens with zero attached hydrogens (tertiary/aromatic N) is 1. The number of carbonyl (C=O) groups excluding carboxylic acids is 2. The van der Waals surface area contributed by atoms with Crippen molar-refractivity contribution in [1.82, 2.24) is 4.57 Å². The minimum absolute atomic E-state index is 0.0688. The van der Waals surface area contributed by atoms with Gasteiger partial charge in [-0.25, -0.2) is 9.59 Å². The van der Waals surface area contributed by atoms with Crippen molar-refractivity contribution in [2.75, 3.05) is 14.2 Å². The van der Waals surface area contributed by atoms with Crippen LogP contribution in [0.3, 0.4) is 0 Å². The molecular formula is C23H19NO5S. The van der Waals surface area contributed by atoms with Gasteiger partial charge in [-0.2, -0.15) is 0 Å². The minimum atomic E-state index is -0.630. The molecule has 1 aliphatic rings. The summed E-state index contributed by atoms with van der Waals surface area (Å²) in [7, 11) is 2.60. The summed E-state index contributed by atoms with van der Waals surface area (Å²) in [4.78, 5) is 36.3. The number of hydrogen-bond acceptors (Lipinski definition) is 6. The number of thiophene rings is 1. The quantitative estimate of drug-likeness (QED) is 0.360. The van der Waals surface area contributed by atoms with Gasteiger partial charge in [-0.3, -0.25) is 4.79 Å². The standard InChI is InChI=1S/C19H15NO3S.C4H4O2/c1-23-19(22)15-11-14(12-5-3-2-4-6-12)18(21)20-9-7-16-13(17(15)20)8-10-24-16;1-3-4(5)6-2/h2-6,8,10-11H,7,9H2,1H3;1H,2H3. The number of aromatic nitrogens is 1. The SMILES string of the molecule is C#CC(=O)OC.COC(=O)c1cc(-c2ccccc2)c(=O)n2c1-c1ccsc1CC2. The topological polar surface area (TPSA) is 74.6 Å². The van der Waals surface area contributed by atoms with E-state index in [0.717, 1.165) is 17.5 Å². The van der Waals surface area contributed by atoms with E-state index >= 15 is 0 Å². The molecule has 0 bridgehead atoms. The summed E-state index contributed by atoms with van der Waals surface area (Å²) >= 11 is 1.66. The monoisotopic (exact) mass is 421 g/mol. The van der Waals surface area contributed by atoms with Gasteiger partial charge in [0.1, 0.15) is 0 Å². The maximum atomic E-state index is 13.0. The summed E-state index contributed by atoms with van der Waals surface area (Å²) in [5.41, 5.74) is 3.34. The Bertz CT molecular complexity index is 1180. The van der Waals surface area contributed by atoms with E-state index in [9.17, 15) is 14.4 Å². The lowest BCUT2D eigenvalue weighted by molar-refractivity contribution is -0.133. The zero-order valence-corrected chi connectivity index (χ0v) is 17.3. The molecule has 6 nitrogen and oxygen atoms in total. The molecular weight excluding hydrogens is 402 g/mol. The summed E-state index contributed by atoms with van der Waals surface area (Å²) < 4.78 is 10.7. The number of pyridine rings is 1. The van der Waals surface area contributed by atoms with Gasteiger partial charge in [0.05, 0.1) is 25.5 Å². The van der Waals surface area contributed by atoms with Crippen LogP contribution in [0.5, 0.6) is 0 Å². The average molecular weight is 421 g/mol. The highest BCUT2D eigenvalue weighted by molar-refractivity contribution is 7.10. The van der Waals surface area contributed by atoms with E-state index in [1.807, 2.05) is 41.8 Å². The molecule has 2 aromatic heterocycles. The second-order valence-corrected chi connectivity index (χ2v) is 7.28. The van der Waals surface area contributed by atoms with Gasteiger partial charge in [0.2, 0.25) is 0 Å². The summed E-state index contributed by atoms with van der Waals surface area (Å²) in [5.74, 6) is 0.703. The fourth-order valence-corrected chi connectivity index (χ4v) is 4.15. The van der Waals surface area contributed by atoms with Crippen molar-refractivity contribution in [3.8, 4) is 34.7 Å². The van der Waals surface area contributed by atoms with Crippen LogP contribution >= 0.6 is 11.3 Å². The lowest BCUT2D eigenvalue weighted by Crippen LogP contribution is -2.29. The van der Waals surface area contributed by atoms with Gasteiger partial charge in [0, 0.05) is 34.9 Å². The molecule has 4 rings (SSSR count). The summed E-state index contributed by atoms with van der Waals surface area (Å²) in [5, 5.41) is 2.00. The van der Waals surface area contributed by atoms with E-state index in [-0.39, 0.29) is 5.56 Å². The molecule has 0 saturated carbocycles. The molecule has 7 heteroatoms. The van der Waals surface area contributed by atoms with Crippen LogP contribution in [-0.2, 0) is 27.2 Å². The molecule has 0 saturated heterocycles. The Balaban J connectivity index is 0.000000377. The molecule has 0 N–H and O–H groups in total. The number of ether oxygens (including phenoxy) is 2. The van der Waals surface area contributed by atoms with Gasteiger partial charge in [-0.05, 0) is 23.1 Å². The Labute approximate surface area is 177 Å². The van der Waals surface area contributed by atoms with Crippen LogP contribution in [-0.4, -0.2) is 30.7 Å². The van der Waals surface area contributed by atoms with Crippen LogP contribution < -0.4 is 5.56 Å². The smallest absolute Gasteiger partial charge is 0.383 e. The third-order valence-corrected chi connectivity index (χ3v) is 5.63. The van der Waals surface area contributed by atoms with Crippen molar-refractivity contribution in [3.63, 3.8) is 0 Å². The highest BCUT2D eigenvalue weighted by Gasteiger charge is 2.26. The number of terminal acetylenes is 1. The molecule has 3 aromatic rings. The van der Waals surface area contributed by atoms with Gasteiger partial charge in [0.25, 0.3) is 5.56 Å². The van der Waals surface area contributed by atoms with Crippen molar-refractivity contribution in [2.45, 2.75) is 13.0 Å². The number of fused-ring (bicyclic) bond motifs is 3. The number of methoxy groups -OCH3 is 2. The minimum Gasteiger partial charge on any atom is -0.465 e. The highest BCUT2D eigenvalue weighted by Crippen LogP contribution is 2.36. The molecule has 30 heavy (non-hydrogen) atoms. The maximum absolute atomic E-state index is 13.0. The summed E-state index contributed by atoms with van der Waals surface area (Å²) in [6.45, 7) is 0.576. The lowest BCUT2D eigenvalue weighted by atomic mass is 9.97. The van der Waals surface area contributed by atoms with E-state index in [1.54, 1.807) is 27.9 Å². The van der Waals surface area contributed by atoms with Gasteiger partial charge in [-0.1, -0.05) is 30.3 Å². The molecule has 0 radical (unpaired) electrons. The van der Waals surface area contributed by atoms with E-state index in [2.05, 4.69) is 11.2 Å².